The van der Waals surface area contributed by atoms with Crippen molar-refractivity contribution in [3.63, 3.8) is 0 Å². The number of halogens is 2. The van der Waals surface area contributed by atoms with Gasteiger partial charge in [0.1, 0.15) is 4.33 Å². The lowest BCUT2D eigenvalue weighted by atomic mass is 10.2. The van der Waals surface area contributed by atoms with Crippen LogP contribution in [0.5, 0.6) is 0 Å². The highest BCUT2D eigenvalue weighted by molar-refractivity contribution is 6.51. The first-order chi connectivity index (χ1) is 3.52. The van der Waals surface area contributed by atoms with E-state index in [1.807, 2.05) is 6.07 Å². The highest BCUT2D eigenvalue weighted by Crippen LogP contribution is 2.63. The number of hydrogen-bond donors (Lipinski definition) is 0. The van der Waals surface area contributed by atoms with E-state index in [2.05, 4.69) is 0 Å². The Kier molecular flexibility index (Phi) is 1.02. The van der Waals surface area contributed by atoms with Gasteiger partial charge in [-0.05, 0) is 6.92 Å². The minimum atomic E-state index is -0.762. The largest absolute Gasteiger partial charge is 0.198 e. The predicted molar refractivity (Wildman–Crippen MR) is 32.8 cm³/mol. The molecule has 1 rings (SSSR count). The average molecular weight is 150 g/mol. The fraction of sp³-hybridized carbons (Fsp3) is 0.800. The number of nitrogens with zero attached hydrogens (tertiary/aromatic N) is 1. The Morgan fingerprint density at radius 1 is 1.62 bits per heavy atom. The molecule has 0 amide bonds. The van der Waals surface area contributed by atoms with Crippen molar-refractivity contribution >= 4 is 23.2 Å². The normalized spacial score (nSPS) is 40.8. The molecule has 1 unspecified atom stereocenters. The smallest absolute Gasteiger partial charge is 0.138 e. The molecule has 1 saturated carbocycles. The second-order valence-corrected chi connectivity index (χ2v) is 3.81. The first-order valence-corrected chi connectivity index (χ1v) is 3.06. The zero-order valence-corrected chi connectivity index (χ0v) is 5.92. The third-order valence-electron chi connectivity index (χ3n) is 1.50. The first kappa shape index (κ1) is 6.19. The minimum Gasteiger partial charge on any atom is -0.198 e. The second-order valence-electron chi connectivity index (χ2n) is 2.33. The Balaban J connectivity index is 2.72. The number of alkyl halides is 2. The molecule has 8 heavy (non-hydrogen) atoms. The summed E-state index contributed by atoms with van der Waals surface area (Å²) in [5.74, 6) is 0. The van der Waals surface area contributed by atoms with Gasteiger partial charge in [0.25, 0.3) is 0 Å². The van der Waals surface area contributed by atoms with E-state index in [-0.39, 0.29) is 0 Å². The van der Waals surface area contributed by atoms with Gasteiger partial charge in [-0.3, -0.25) is 0 Å². The molecule has 0 aliphatic heterocycles. The van der Waals surface area contributed by atoms with Crippen LogP contribution in [0.3, 0.4) is 0 Å². The van der Waals surface area contributed by atoms with E-state index >= 15 is 0 Å². The molecule has 0 bridgehead atoms. The van der Waals surface area contributed by atoms with Crippen LogP contribution in [0.25, 0.3) is 0 Å². The molecule has 1 nitrogen and oxygen atoms in total. The van der Waals surface area contributed by atoms with Crippen LogP contribution in [-0.2, 0) is 0 Å². The second kappa shape index (κ2) is 1.32. The molecular formula is C5H5Cl2N. The fourth-order valence-electron chi connectivity index (χ4n) is 0.521. The van der Waals surface area contributed by atoms with Crippen molar-refractivity contribution in [3.05, 3.63) is 0 Å². The van der Waals surface area contributed by atoms with Crippen molar-refractivity contribution in [2.45, 2.75) is 17.7 Å². The van der Waals surface area contributed by atoms with E-state index < -0.39 is 9.75 Å². The van der Waals surface area contributed by atoms with Crippen molar-refractivity contribution in [1.29, 1.82) is 5.26 Å². The van der Waals surface area contributed by atoms with Crippen LogP contribution in [0.4, 0.5) is 0 Å². The molecule has 1 aliphatic carbocycles. The Bertz CT molecular complexity index is 158. The Morgan fingerprint density at radius 3 is 2.00 bits per heavy atom. The molecule has 1 fully saturated rings. The lowest BCUT2D eigenvalue weighted by molar-refractivity contribution is 0.753. The van der Waals surface area contributed by atoms with Crippen molar-refractivity contribution in [2.75, 3.05) is 0 Å². The summed E-state index contributed by atoms with van der Waals surface area (Å²) in [7, 11) is 0. The molecule has 0 aromatic heterocycles. The SMILES string of the molecule is CC1(C#N)CC1(Cl)Cl. The molecule has 1 atom stereocenters. The van der Waals surface area contributed by atoms with Crippen LogP contribution in [0.15, 0.2) is 0 Å². The molecule has 0 radical (unpaired) electrons. The summed E-state index contributed by atoms with van der Waals surface area (Å²) in [5, 5.41) is 8.38. The monoisotopic (exact) mass is 149 g/mol. The Hall–Kier alpha value is 0.0700. The van der Waals surface area contributed by atoms with Gasteiger partial charge in [0.15, 0.2) is 0 Å². The molecular weight excluding hydrogens is 145 g/mol. The van der Waals surface area contributed by atoms with E-state index in [9.17, 15) is 0 Å². The quantitative estimate of drug-likeness (QED) is 0.485. The summed E-state index contributed by atoms with van der Waals surface area (Å²) in [6.45, 7) is 1.76. The van der Waals surface area contributed by atoms with Crippen LogP contribution >= 0.6 is 23.2 Å². The average Bonchev–Trinajstić information content (AvgIpc) is 2.10. The van der Waals surface area contributed by atoms with Crippen LogP contribution in [0.1, 0.15) is 13.3 Å². The van der Waals surface area contributed by atoms with Gasteiger partial charge in [-0.1, -0.05) is 23.2 Å². The molecule has 0 spiro atoms. The lowest BCUT2D eigenvalue weighted by Gasteiger charge is -1.96. The summed E-state index contributed by atoms with van der Waals surface area (Å²) >= 11 is 11.2. The highest BCUT2D eigenvalue weighted by Gasteiger charge is 2.63. The number of rotatable bonds is 0. The summed E-state index contributed by atoms with van der Waals surface area (Å²) < 4.78 is -0.762. The maximum Gasteiger partial charge on any atom is 0.138 e. The Morgan fingerprint density at radius 2 is 2.00 bits per heavy atom. The van der Waals surface area contributed by atoms with E-state index in [0.717, 1.165) is 0 Å². The van der Waals surface area contributed by atoms with E-state index in [1.165, 1.54) is 0 Å². The molecule has 0 saturated heterocycles. The molecule has 44 valence electrons. The summed E-state index contributed by atoms with van der Waals surface area (Å²) in [6.07, 6.45) is 0.597. The maximum atomic E-state index is 8.38. The van der Waals surface area contributed by atoms with Crippen molar-refractivity contribution in [3.8, 4) is 6.07 Å². The van der Waals surface area contributed by atoms with Crippen molar-refractivity contribution < 1.29 is 0 Å². The zero-order chi connectivity index (χ0) is 6.41. The third kappa shape index (κ3) is 0.604. The molecule has 0 aromatic rings. The van der Waals surface area contributed by atoms with Gasteiger partial charge in [0.05, 0.1) is 11.5 Å². The molecule has 3 heteroatoms. The highest BCUT2D eigenvalue weighted by atomic mass is 35.5. The molecule has 0 aromatic carbocycles. The van der Waals surface area contributed by atoms with Gasteiger partial charge in [-0.2, -0.15) is 5.26 Å². The third-order valence-corrected chi connectivity index (χ3v) is 2.61. The molecule has 0 N–H and O–H groups in total. The van der Waals surface area contributed by atoms with Crippen LogP contribution in [0, 0.1) is 16.7 Å². The van der Waals surface area contributed by atoms with Gasteiger partial charge in [0.2, 0.25) is 0 Å². The number of hydrogen-bond acceptors (Lipinski definition) is 1. The van der Waals surface area contributed by atoms with Crippen LogP contribution in [0.2, 0.25) is 0 Å². The van der Waals surface area contributed by atoms with Crippen LogP contribution < -0.4 is 0 Å². The van der Waals surface area contributed by atoms with Crippen molar-refractivity contribution in [1.82, 2.24) is 0 Å². The van der Waals surface area contributed by atoms with Crippen LogP contribution in [-0.4, -0.2) is 4.33 Å². The Labute approximate surface area is 58.2 Å². The zero-order valence-electron chi connectivity index (χ0n) is 4.41. The van der Waals surface area contributed by atoms with Gasteiger partial charge >= 0.3 is 0 Å². The van der Waals surface area contributed by atoms with Gasteiger partial charge in [-0.25, -0.2) is 0 Å². The van der Waals surface area contributed by atoms with Crippen molar-refractivity contribution in [2.24, 2.45) is 5.41 Å². The van der Waals surface area contributed by atoms with Gasteiger partial charge < -0.3 is 0 Å². The predicted octanol–water partition coefficient (Wildman–Crippen LogP) is 2.09. The maximum absolute atomic E-state index is 8.38. The molecule has 0 heterocycles. The fourth-order valence-corrected chi connectivity index (χ4v) is 1.14. The minimum absolute atomic E-state index is 0.476. The van der Waals surface area contributed by atoms with Gasteiger partial charge in [0, 0.05) is 6.42 Å². The van der Waals surface area contributed by atoms with E-state index in [0.29, 0.717) is 6.42 Å². The standard InChI is InChI=1S/C5H5Cl2N/c1-4(3-8)2-5(4,6)7/h2H2,1H3. The topological polar surface area (TPSA) is 23.8 Å². The van der Waals surface area contributed by atoms with Gasteiger partial charge in [-0.15, -0.1) is 0 Å². The lowest BCUT2D eigenvalue weighted by Crippen LogP contribution is -1.99. The summed E-state index contributed by atoms with van der Waals surface area (Å²) in [4.78, 5) is 0. The van der Waals surface area contributed by atoms with E-state index in [1.54, 1.807) is 6.92 Å². The van der Waals surface area contributed by atoms with E-state index in [4.69, 9.17) is 28.5 Å². The first-order valence-electron chi connectivity index (χ1n) is 2.31. The summed E-state index contributed by atoms with van der Waals surface area (Å²) in [5.41, 5.74) is -0.476. The molecule has 1 aliphatic rings. The number of nitriles is 1. The summed E-state index contributed by atoms with van der Waals surface area (Å²) in [6, 6.07) is 2.04.